The van der Waals surface area contributed by atoms with Gasteiger partial charge in [-0.05, 0) is 46.8 Å². The van der Waals surface area contributed by atoms with Crippen LogP contribution in [0, 0.1) is 5.41 Å². The van der Waals surface area contributed by atoms with Crippen molar-refractivity contribution in [1.29, 1.82) is 0 Å². The zero-order chi connectivity index (χ0) is 25.6. The van der Waals surface area contributed by atoms with Crippen LogP contribution < -0.4 is 0 Å². The second-order valence-electron chi connectivity index (χ2n) is 7.92. The van der Waals surface area contributed by atoms with Crippen molar-refractivity contribution in [2.75, 3.05) is 26.2 Å². The van der Waals surface area contributed by atoms with E-state index in [4.69, 9.17) is 19.8 Å². The molecule has 0 atom stereocenters. The van der Waals surface area contributed by atoms with Gasteiger partial charge in [0.05, 0.1) is 0 Å². The molecule has 6 nitrogen and oxygen atoms in total. The summed E-state index contributed by atoms with van der Waals surface area (Å²) in [6, 6.07) is 6.68. The Morgan fingerprint density at radius 2 is 1.47 bits per heavy atom. The van der Waals surface area contributed by atoms with Gasteiger partial charge in [0.1, 0.15) is 0 Å². The highest BCUT2D eigenvalue weighted by molar-refractivity contribution is 7.09. The minimum absolute atomic E-state index is 0.604. The molecule has 4 heterocycles. The number of thiophene rings is 2. The van der Waals surface area contributed by atoms with Gasteiger partial charge in [0.15, 0.2) is 0 Å². The molecule has 0 aromatic carbocycles. The number of halogens is 6. The van der Waals surface area contributed by atoms with Crippen molar-refractivity contribution in [3.63, 3.8) is 0 Å². The Balaban J connectivity index is 0.000000244. The van der Waals surface area contributed by atoms with Crippen LogP contribution in [0.15, 0.2) is 34.3 Å². The molecule has 1 spiro atoms. The van der Waals surface area contributed by atoms with E-state index in [0.29, 0.717) is 5.41 Å². The second kappa shape index (κ2) is 11.5. The van der Waals surface area contributed by atoms with E-state index in [-0.39, 0.29) is 0 Å². The maximum absolute atomic E-state index is 10.6. The molecule has 14 heteroatoms. The molecule has 0 amide bonds. The van der Waals surface area contributed by atoms with Crippen molar-refractivity contribution in [2.45, 2.75) is 31.9 Å². The third-order valence-electron chi connectivity index (χ3n) is 5.07. The lowest BCUT2D eigenvalue weighted by atomic mass is 9.79. The van der Waals surface area contributed by atoms with Crippen LogP contribution in [0.4, 0.5) is 26.3 Å². The van der Waals surface area contributed by atoms with E-state index in [9.17, 15) is 26.3 Å². The first-order valence-electron chi connectivity index (χ1n) is 9.79. The highest BCUT2D eigenvalue weighted by Crippen LogP contribution is 2.40. The lowest BCUT2D eigenvalue weighted by Gasteiger charge is -2.48. The van der Waals surface area contributed by atoms with Gasteiger partial charge in [0.25, 0.3) is 0 Å². The summed E-state index contributed by atoms with van der Waals surface area (Å²) in [5.74, 6) is -5.51. The lowest BCUT2D eigenvalue weighted by molar-refractivity contribution is -0.193. The Bertz CT molecular complexity index is 887. The summed E-state index contributed by atoms with van der Waals surface area (Å²) in [5.41, 5.74) is 2.09. The summed E-state index contributed by atoms with van der Waals surface area (Å²) < 4.78 is 63.5. The van der Waals surface area contributed by atoms with Gasteiger partial charge in [-0.1, -0.05) is 6.07 Å². The van der Waals surface area contributed by atoms with Gasteiger partial charge in [-0.25, -0.2) is 9.59 Å². The monoisotopic (exact) mass is 532 g/mol. The zero-order valence-corrected chi connectivity index (χ0v) is 19.2. The van der Waals surface area contributed by atoms with Crippen LogP contribution in [0.3, 0.4) is 0 Å². The summed E-state index contributed by atoms with van der Waals surface area (Å²) >= 11 is 3.70. The van der Waals surface area contributed by atoms with Crippen LogP contribution in [0.2, 0.25) is 0 Å². The molecule has 0 saturated carbocycles. The first-order valence-corrected chi connectivity index (χ1v) is 11.6. The largest absolute Gasteiger partial charge is 0.490 e. The van der Waals surface area contributed by atoms with E-state index >= 15 is 0 Å². The first kappa shape index (κ1) is 28.1. The molecule has 2 aliphatic heterocycles. The molecule has 0 bridgehead atoms. The van der Waals surface area contributed by atoms with Crippen LogP contribution in [0.1, 0.15) is 16.9 Å². The molecular weight excluding hydrogens is 510 g/mol. The average Bonchev–Trinajstić information content (AvgIpc) is 3.44. The van der Waals surface area contributed by atoms with E-state index in [1.54, 1.807) is 0 Å². The summed E-state index contributed by atoms with van der Waals surface area (Å²) in [5, 5.41) is 20.9. The van der Waals surface area contributed by atoms with E-state index in [2.05, 4.69) is 44.1 Å². The van der Waals surface area contributed by atoms with Crippen LogP contribution in [-0.2, 0) is 22.7 Å². The molecule has 2 N–H and O–H groups in total. The summed E-state index contributed by atoms with van der Waals surface area (Å²) in [4.78, 5) is 24.6. The first-order chi connectivity index (χ1) is 15.7. The maximum Gasteiger partial charge on any atom is 0.490 e. The Kier molecular flexibility index (Phi) is 9.51. The number of carbonyl (C=O) groups is 2. The number of hydrogen-bond acceptors (Lipinski definition) is 6. The van der Waals surface area contributed by atoms with Gasteiger partial charge >= 0.3 is 24.3 Å². The zero-order valence-electron chi connectivity index (χ0n) is 17.6. The van der Waals surface area contributed by atoms with Gasteiger partial charge in [0, 0.05) is 43.0 Å². The minimum atomic E-state index is -5.08. The van der Waals surface area contributed by atoms with Crippen molar-refractivity contribution in [2.24, 2.45) is 5.41 Å². The summed E-state index contributed by atoms with van der Waals surface area (Å²) in [7, 11) is 0. The highest BCUT2D eigenvalue weighted by atomic mass is 32.1. The lowest BCUT2D eigenvalue weighted by Crippen LogP contribution is -2.56. The minimum Gasteiger partial charge on any atom is -0.475 e. The maximum atomic E-state index is 10.6. The Morgan fingerprint density at radius 1 is 0.912 bits per heavy atom. The SMILES string of the molecule is O=C(O)C(F)(F)F.O=C(O)C(F)(F)F.c1csc(CN2CC3(CCN(Cc4ccsc4)C3)C2)c1. The Hall–Kier alpha value is -2.16. The van der Waals surface area contributed by atoms with Gasteiger partial charge in [-0.3, -0.25) is 9.80 Å². The quantitative estimate of drug-likeness (QED) is 0.552. The van der Waals surface area contributed by atoms with Crippen molar-refractivity contribution >= 4 is 34.6 Å². The molecule has 2 aromatic rings. The van der Waals surface area contributed by atoms with E-state index in [1.807, 2.05) is 22.7 Å². The van der Waals surface area contributed by atoms with Crippen molar-refractivity contribution < 1.29 is 46.1 Å². The van der Waals surface area contributed by atoms with E-state index < -0.39 is 24.3 Å². The number of likely N-dealkylation sites (tertiary alicyclic amines) is 2. The number of aliphatic carboxylic acids is 2. The fourth-order valence-electron chi connectivity index (χ4n) is 3.70. The number of rotatable bonds is 4. The van der Waals surface area contributed by atoms with Crippen molar-refractivity contribution in [3.05, 3.63) is 44.8 Å². The number of alkyl halides is 6. The molecular formula is C20H22F6N2O4S2. The molecule has 34 heavy (non-hydrogen) atoms. The van der Waals surface area contributed by atoms with Crippen LogP contribution in [-0.4, -0.2) is 70.5 Å². The van der Waals surface area contributed by atoms with Crippen LogP contribution >= 0.6 is 22.7 Å². The smallest absolute Gasteiger partial charge is 0.475 e. The fourth-order valence-corrected chi connectivity index (χ4v) is 5.10. The van der Waals surface area contributed by atoms with Gasteiger partial charge in [0.2, 0.25) is 0 Å². The molecule has 190 valence electrons. The van der Waals surface area contributed by atoms with Gasteiger partial charge < -0.3 is 10.2 Å². The topological polar surface area (TPSA) is 81.1 Å². The molecule has 2 aromatic heterocycles. The Labute approximate surface area is 199 Å². The molecule has 0 unspecified atom stereocenters. The van der Waals surface area contributed by atoms with E-state index in [0.717, 1.165) is 13.1 Å². The predicted octanol–water partition coefficient (Wildman–Crippen LogP) is 4.78. The standard InChI is InChI=1S/C16H20N2S2.2C2HF3O2/c1-2-15(20-6-1)9-18-12-16(13-18)4-5-17(11-16)8-14-3-7-19-10-14;2*3-2(4,5)1(6)7/h1-3,6-7,10H,4-5,8-9,11-13H2;2*(H,6,7). The molecule has 2 fully saturated rings. The van der Waals surface area contributed by atoms with Gasteiger partial charge in [-0.15, -0.1) is 11.3 Å². The van der Waals surface area contributed by atoms with Crippen LogP contribution in [0.5, 0.6) is 0 Å². The highest BCUT2D eigenvalue weighted by Gasteiger charge is 2.47. The van der Waals surface area contributed by atoms with Crippen molar-refractivity contribution in [3.8, 4) is 0 Å². The number of nitrogens with zero attached hydrogens (tertiary/aromatic N) is 2. The number of carboxylic acid groups (broad SMARTS) is 2. The second-order valence-corrected chi connectivity index (χ2v) is 9.73. The number of hydrogen-bond donors (Lipinski definition) is 2. The van der Waals surface area contributed by atoms with Gasteiger partial charge in [-0.2, -0.15) is 37.7 Å². The molecule has 4 rings (SSSR count). The average molecular weight is 533 g/mol. The molecule has 0 radical (unpaired) electrons. The predicted molar refractivity (Wildman–Crippen MR) is 114 cm³/mol. The normalized spacial score (nSPS) is 17.8. The van der Waals surface area contributed by atoms with Crippen molar-refractivity contribution in [1.82, 2.24) is 9.80 Å². The van der Waals surface area contributed by atoms with E-state index in [1.165, 1.54) is 43.0 Å². The third kappa shape index (κ3) is 8.89. The third-order valence-corrected chi connectivity index (χ3v) is 6.66. The number of carboxylic acids is 2. The van der Waals surface area contributed by atoms with Crippen LogP contribution in [0.25, 0.3) is 0 Å². The molecule has 2 aliphatic rings. The summed E-state index contributed by atoms with van der Waals surface area (Å²) in [6.45, 7) is 7.47. The fraction of sp³-hybridized carbons (Fsp3) is 0.500. The summed E-state index contributed by atoms with van der Waals surface area (Å²) in [6.07, 6.45) is -8.78. The molecule has 2 saturated heterocycles. The Morgan fingerprint density at radius 3 is 1.91 bits per heavy atom. The molecule has 0 aliphatic carbocycles.